The summed E-state index contributed by atoms with van der Waals surface area (Å²) in [7, 11) is 0. The van der Waals surface area contributed by atoms with Crippen LogP contribution in [0.1, 0.15) is 46.0 Å². The third-order valence-corrected chi connectivity index (χ3v) is 4.91. The normalized spacial score (nSPS) is 33.0. The van der Waals surface area contributed by atoms with Gasteiger partial charge in [-0.15, -0.1) is 0 Å². The highest BCUT2D eigenvalue weighted by Crippen LogP contribution is 2.33. The fourth-order valence-electron chi connectivity index (χ4n) is 3.27. The first-order chi connectivity index (χ1) is 9.91. The average molecular weight is 298 g/mol. The Labute approximate surface area is 125 Å². The molecule has 21 heavy (non-hydrogen) atoms. The van der Waals surface area contributed by atoms with Gasteiger partial charge in [-0.1, -0.05) is 6.92 Å². The molecular formula is C15H26N2O4. The maximum Gasteiger partial charge on any atom is 0.317 e. The molecule has 0 bridgehead atoms. The lowest BCUT2D eigenvalue weighted by Crippen LogP contribution is -2.54. The molecule has 2 saturated heterocycles. The molecule has 0 aromatic heterocycles. The van der Waals surface area contributed by atoms with Gasteiger partial charge in [0.15, 0.2) is 0 Å². The van der Waals surface area contributed by atoms with Crippen LogP contribution < -0.4 is 5.32 Å². The van der Waals surface area contributed by atoms with Crippen LogP contribution in [-0.4, -0.2) is 53.8 Å². The Morgan fingerprint density at radius 1 is 1.33 bits per heavy atom. The first-order valence-corrected chi connectivity index (χ1v) is 7.81. The summed E-state index contributed by atoms with van der Waals surface area (Å²) in [6.07, 6.45) is 3.90. The van der Waals surface area contributed by atoms with Gasteiger partial charge in [-0.3, -0.25) is 4.79 Å². The van der Waals surface area contributed by atoms with E-state index in [1.54, 1.807) is 4.90 Å². The van der Waals surface area contributed by atoms with Crippen molar-refractivity contribution in [3.05, 3.63) is 0 Å². The maximum atomic E-state index is 12.3. The molecule has 2 heterocycles. The van der Waals surface area contributed by atoms with E-state index >= 15 is 0 Å². The first kappa shape index (κ1) is 16.1. The molecule has 2 atom stereocenters. The molecule has 0 aliphatic carbocycles. The first-order valence-electron chi connectivity index (χ1n) is 7.81. The SMILES string of the molecule is CCC1(C(=O)O)CCCN(C(=O)NCC2(C)CCCO2)C1. The smallest absolute Gasteiger partial charge is 0.317 e. The molecule has 0 aromatic carbocycles. The molecule has 2 unspecified atom stereocenters. The van der Waals surface area contributed by atoms with Crippen LogP contribution in [0.5, 0.6) is 0 Å². The van der Waals surface area contributed by atoms with Crippen molar-refractivity contribution in [1.82, 2.24) is 10.2 Å². The Hall–Kier alpha value is -1.30. The Kier molecular flexibility index (Phi) is 4.76. The van der Waals surface area contributed by atoms with E-state index < -0.39 is 11.4 Å². The van der Waals surface area contributed by atoms with E-state index in [4.69, 9.17) is 4.74 Å². The summed E-state index contributed by atoms with van der Waals surface area (Å²) in [4.78, 5) is 25.4. The van der Waals surface area contributed by atoms with Gasteiger partial charge < -0.3 is 20.1 Å². The van der Waals surface area contributed by atoms with E-state index in [0.717, 1.165) is 25.9 Å². The quantitative estimate of drug-likeness (QED) is 0.830. The number of rotatable bonds is 4. The summed E-state index contributed by atoms with van der Waals surface area (Å²) in [5.74, 6) is -0.798. The van der Waals surface area contributed by atoms with Crippen molar-refractivity contribution in [3.8, 4) is 0 Å². The highest BCUT2D eigenvalue weighted by atomic mass is 16.5. The Bertz CT molecular complexity index is 406. The van der Waals surface area contributed by atoms with Crippen molar-refractivity contribution in [1.29, 1.82) is 0 Å². The second kappa shape index (κ2) is 6.22. The predicted molar refractivity (Wildman–Crippen MR) is 78.2 cm³/mol. The second-order valence-corrected chi connectivity index (χ2v) is 6.52. The van der Waals surface area contributed by atoms with Crippen LogP contribution in [0.3, 0.4) is 0 Å². The molecule has 2 aliphatic rings. The van der Waals surface area contributed by atoms with Gasteiger partial charge in [-0.2, -0.15) is 0 Å². The minimum absolute atomic E-state index is 0.175. The summed E-state index contributed by atoms with van der Waals surface area (Å²) in [6, 6.07) is -0.175. The number of aliphatic carboxylic acids is 1. The molecule has 6 nitrogen and oxygen atoms in total. The van der Waals surface area contributed by atoms with Crippen molar-refractivity contribution >= 4 is 12.0 Å². The van der Waals surface area contributed by atoms with E-state index in [-0.39, 0.29) is 11.6 Å². The van der Waals surface area contributed by atoms with Crippen LogP contribution in [0.15, 0.2) is 0 Å². The van der Waals surface area contributed by atoms with Gasteiger partial charge in [-0.25, -0.2) is 4.79 Å². The molecule has 0 saturated carbocycles. The van der Waals surface area contributed by atoms with Crippen molar-refractivity contribution in [3.63, 3.8) is 0 Å². The molecule has 2 aliphatic heterocycles. The molecule has 0 spiro atoms. The largest absolute Gasteiger partial charge is 0.481 e. The van der Waals surface area contributed by atoms with Crippen LogP contribution in [0.2, 0.25) is 0 Å². The maximum absolute atomic E-state index is 12.3. The summed E-state index contributed by atoms with van der Waals surface area (Å²) in [5.41, 5.74) is -1.07. The monoisotopic (exact) mass is 298 g/mol. The van der Waals surface area contributed by atoms with Crippen LogP contribution >= 0.6 is 0 Å². The molecule has 6 heteroatoms. The summed E-state index contributed by atoms with van der Waals surface area (Å²) >= 11 is 0. The fraction of sp³-hybridized carbons (Fsp3) is 0.867. The summed E-state index contributed by atoms with van der Waals surface area (Å²) in [5, 5.41) is 12.4. The molecule has 2 amide bonds. The number of piperidine rings is 1. The number of likely N-dealkylation sites (tertiary alicyclic amines) is 1. The van der Waals surface area contributed by atoms with Crippen molar-refractivity contribution in [2.45, 2.75) is 51.6 Å². The number of urea groups is 1. The van der Waals surface area contributed by atoms with Crippen LogP contribution in [-0.2, 0) is 9.53 Å². The average Bonchev–Trinajstić information content (AvgIpc) is 2.92. The van der Waals surface area contributed by atoms with Gasteiger partial charge in [0.05, 0.1) is 11.0 Å². The number of carboxylic acid groups (broad SMARTS) is 1. The zero-order chi connectivity index (χ0) is 15.5. The van der Waals surface area contributed by atoms with E-state index in [0.29, 0.717) is 32.5 Å². The Balaban J connectivity index is 1.91. The molecule has 120 valence electrons. The number of nitrogens with zero attached hydrogens (tertiary/aromatic N) is 1. The number of ether oxygens (including phenoxy) is 1. The Morgan fingerprint density at radius 3 is 2.67 bits per heavy atom. The molecule has 0 radical (unpaired) electrons. The third-order valence-electron chi connectivity index (χ3n) is 4.91. The number of amides is 2. The zero-order valence-corrected chi connectivity index (χ0v) is 13.0. The van der Waals surface area contributed by atoms with Gasteiger partial charge in [0.25, 0.3) is 0 Å². The van der Waals surface area contributed by atoms with E-state index in [1.165, 1.54) is 0 Å². The van der Waals surface area contributed by atoms with Crippen LogP contribution in [0.25, 0.3) is 0 Å². The lowest BCUT2D eigenvalue weighted by atomic mass is 9.78. The highest BCUT2D eigenvalue weighted by molar-refractivity contribution is 5.78. The number of hydrogen-bond acceptors (Lipinski definition) is 3. The lowest BCUT2D eigenvalue weighted by molar-refractivity contribution is -0.152. The summed E-state index contributed by atoms with van der Waals surface area (Å²) < 4.78 is 5.65. The molecular weight excluding hydrogens is 272 g/mol. The molecule has 0 aromatic rings. The minimum atomic E-state index is -0.798. The number of hydrogen-bond donors (Lipinski definition) is 2. The zero-order valence-electron chi connectivity index (χ0n) is 13.0. The van der Waals surface area contributed by atoms with E-state index in [2.05, 4.69) is 5.32 Å². The van der Waals surface area contributed by atoms with E-state index in [1.807, 2.05) is 13.8 Å². The third kappa shape index (κ3) is 3.48. The number of carbonyl (C=O) groups is 2. The minimum Gasteiger partial charge on any atom is -0.481 e. The van der Waals surface area contributed by atoms with E-state index in [9.17, 15) is 14.7 Å². The number of carbonyl (C=O) groups excluding carboxylic acids is 1. The summed E-state index contributed by atoms with van der Waals surface area (Å²) in [6.45, 7) is 6.02. The topological polar surface area (TPSA) is 78.9 Å². The Morgan fingerprint density at radius 2 is 2.10 bits per heavy atom. The van der Waals surface area contributed by atoms with Gasteiger partial charge in [0.2, 0.25) is 0 Å². The van der Waals surface area contributed by atoms with Crippen molar-refractivity contribution < 1.29 is 19.4 Å². The van der Waals surface area contributed by atoms with Gasteiger partial charge in [0, 0.05) is 26.2 Å². The van der Waals surface area contributed by atoms with Crippen LogP contribution in [0, 0.1) is 5.41 Å². The van der Waals surface area contributed by atoms with Crippen molar-refractivity contribution in [2.75, 3.05) is 26.2 Å². The van der Waals surface area contributed by atoms with Gasteiger partial charge in [0.1, 0.15) is 0 Å². The van der Waals surface area contributed by atoms with Gasteiger partial charge >= 0.3 is 12.0 Å². The standard InChI is InChI=1S/C15H26N2O4/c1-3-15(12(18)19)7-4-8-17(11-15)13(20)16-10-14(2)6-5-9-21-14/h3-11H2,1-2H3,(H,16,20)(H,18,19). The predicted octanol–water partition coefficient (Wildman–Crippen LogP) is 1.84. The van der Waals surface area contributed by atoms with Gasteiger partial charge in [-0.05, 0) is 39.0 Å². The molecule has 2 N–H and O–H groups in total. The van der Waals surface area contributed by atoms with Crippen LogP contribution in [0.4, 0.5) is 4.79 Å². The fourth-order valence-corrected chi connectivity index (χ4v) is 3.27. The molecule has 2 rings (SSSR count). The second-order valence-electron chi connectivity index (χ2n) is 6.52. The van der Waals surface area contributed by atoms with Crippen molar-refractivity contribution in [2.24, 2.45) is 5.41 Å². The molecule has 2 fully saturated rings. The number of carboxylic acids is 1. The highest BCUT2D eigenvalue weighted by Gasteiger charge is 2.42. The number of nitrogens with one attached hydrogen (secondary N) is 1. The lowest BCUT2D eigenvalue weighted by Gasteiger charge is -2.39.